The summed E-state index contributed by atoms with van der Waals surface area (Å²) in [6.45, 7) is 7.10. The van der Waals surface area contributed by atoms with Crippen LogP contribution in [0.15, 0.2) is 53.7 Å². The number of rotatable bonds is 11. The van der Waals surface area contributed by atoms with Gasteiger partial charge < -0.3 is 19.4 Å². The van der Waals surface area contributed by atoms with E-state index in [0.29, 0.717) is 12.3 Å². The Kier molecular flexibility index (Phi) is 8.91. The van der Waals surface area contributed by atoms with Crippen molar-refractivity contribution < 1.29 is 14.3 Å². The van der Waals surface area contributed by atoms with Gasteiger partial charge in [0.1, 0.15) is 11.5 Å². The predicted octanol–water partition coefficient (Wildman–Crippen LogP) is 5.73. The molecule has 1 aromatic heterocycles. The average Bonchev–Trinajstić information content (AvgIpc) is 3.24. The number of aromatic nitrogens is 2. The Morgan fingerprint density at radius 1 is 1.03 bits per heavy atom. The molecule has 1 amide bonds. The van der Waals surface area contributed by atoms with Gasteiger partial charge in [0.05, 0.1) is 31.0 Å². The second kappa shape index (κ2) is 11.7. The van der Waals surface area contributed by atoms with E-state index in [1.165, 1.54) is 0 Å². The lowest BCUT2D eigenvalue weighted by Gasteiger charge is -2.20. The van der Waals surface area contributed by atoms with Crippen LogP contribution in [-0.4, -0.2) is 47.9 Å². The number of ether oxygens (including phenoxy) is 2. The quantitative estimate of drug-likeness (QED) is 0.206. The Hall–Kier alpha value is -2.64. The van der Waals surface area contributed by atoms with Crippen molar-refractivity contribution in [3.05, 3.63) is 48.5 Å². The molecule has 0 aliphatic heterocycles. The van der Waals surface area contributed by atoms with Crippen LogP contribution in [0.4, 0.5) is 0 Å². The molecule has 34 heavy (non-hydrogen) atoms. The molecule has 3 rings (SSSR count). The van der Waals surface area contributed by atoms with Gasteiger partial charge in [-0.15, -0.1) is 11.6 Å². The monoisotopic (exact) mass is 501 g/mol. The fourth-order valence-electron chi connectivity index (χ4n) is 3.43. The molecule has 182 valence electrons. The maximum absolute atomic E-state index is 12.3. The molecular weight excluding hydrogens is 470 g/mol. The van der Waals surface area contributed by atoms with Gasteiger partial charge in [0.2, 0.25) is 5.91 Å². The van der Waals surface area contributed by atoms with Crippen molar-refractivity contribution in [2.45, 2.75) is 32.5 Å². The van der Waals surface area contributed by atoms with Crippen molar-refractivity contribution in [3.63, 3.8) is 0 Å². The Labute approximate surface area is 211 Å². The molecule has 0 saturated heterocycles. The van der Waals surface area contributed by atoms with Crippen LogP contribution in [0.2, 0.25) is 0 Å². The fraction of sp³-hybridized carbons (Fsp3) is 0.385. The first kappa shape index (κ1) is 26.0. The van der Waals surface area contributed by atoms with E-state index in [0.717, 1.165) is 45.7 Å². The fourth-order valence-corrected chi connectivity index (χ4v) is 4.47. The largest absolute Gasteiger partial charge is 0.497 e. The number of nitrogens with zero attached hydrogens (tertiary/aromatic N) is 2. The van der Waals surface area contributed by atoms with E-state index in [-0.39, 0.29) is 11.8 Å². The van der Waals surface area contributed by atoms with E-state index in [1.807, 2.05) is 50.2 Å². The zero-order valence-electron chi connectivity index (χ0n) is 20.4. The van der Waals surface area contributed by atoms with Gasteiger partial charge >= 0.3 is 0 Å². The minimum atomic E-state index is -0.586. The van der Waals surface area contributed by atoms with Gasteiger partial charge in [-0.1, -0.05) is 11.8 Å². The summed E-state index contributed by atoms with van der Waals surface area (Å²) in [6, 6.07) is 16.0. The van der Waals surface area contributed by atoms with E-state index >= 15 is 0 Å². The van der Waals surface area contributed by atoms with Gasteiger partial charge in [-0.2, -0.15) is 0 Å². The molecule has 0 unspecified atom stereocenters. The average molecular weight is 502 g/mol. The summed E-state index contributed by atoms with van der Waals surface area (Å²) in [6.07, 6.45) is 0. The lowest BCUT2D eigenvalue weighted by molar-refractivity contribution is -0.128. The van der Waals surface area contributed by atoms with Crippen LogP contribution in [0.5, 0.6) is 11.5 Å². The molecule has 0 spiro atoms. The molecular formula is C26H32ClN3O3S. The number of imidazole rings is 1. The Morgan fingerprint density at radius 3 is 2.09 bits per heavy atom. The summed E-state index contributed by atoms with van der Waals surface area (Å²) in [5.41, 5.74) is 3.44. The third-order valence-electron chi connectivity index (χ3n) is 5.54. The van der Waals surface area contributed by atoms with Crippen LogP contribution in [-0.2, 0) is 11.3 Å². The van der Waals surface area contributed by atoms with Gasteiger partial charge in [-0.05, 0) is 69.3 Å². The number of thioether (sulfide) groups is 1. The molecule has 2 aromatic carbocycles. The number of halogens is 1. The Balaban J connectivity index is 1.92. The normalized spacial score (nSPS) is 11.4. The Morgan fingerprint density at radius 2 is 1.59 bits per heavy atom. The van der Waals surface area contributed by atoms with E-state index in [1.54, 1.807) is 26.0 Å². The summed E-state index contributed by atoms with van der Waals surface area (Å²) in [5.74, 6) is 2.55. The topological polar surface area (TPSA) is 65.4 Å². The minimum absolute atomic E-state index is 0.0419. The molecule has 0 fully saturated rings. The lowest BCUT2D eigenvalue weighted by atomic mass is 9.95. The van der Waals surface area contributed by atoms with Gasteiger partial charge in [0, 0.05) is 35.8 Å². The van der Waals surface area contributed by atoms with E-state index < -0.39 is 5.41 Å². The second-order valence-electron chi connectivity index (χ2n) is 8.41. The van der Waals surface area contributed by atoms with E-state index in [9.17, 15) is 4.79 Å². The highest BCUT2D eigenvalue weighted by atomic mass is 35.5. The summed E-state index contributed by atoms with van der Waals surface area (Å²) in [4.78, 5) is 17.3. The van der Waals surface area contributed by atoms with E-state index in [4.69, 9.17) is 26.1 Å². The molecule has 0 aliphatic carbocycles. The number of carbonyl (C=O) groups is 1. The number of nitrogens with one attached hydrogen (secondary N) is 1. The highest BCUT2D eigenvalue weighted by molar-refractivity contribution is 7.99. The standard InChI is InChI=1S/C26H32ClN3O3S/c1-6-30-23(19-9-13-21(33-5)14-10-19)22(18-7-11-20(32-4)12-8-18)29-25(30)34-16-15-28-24(31)26(2,3)17-27/h7-14H,6,15-17H2,1-5H3,(H,28,31). The molecule has 1 N–H and O–H groups in total. The second-order valence-corrected chi connectivity index (χ2v) is 9.74. The lowest BCUT2D eigenvalue weighted by Crippen LogP contribution is -2.39. The van der Waals surface area contributed by atoms with Crippen molar-refractivity contribution in [1.82, 2.24) is 14.9 Å². The van der Waals surface area contributed by atoms with Crippen molar-refractivity contribution >= 4 is 29.3 Å². The van der Waals surface area contributed by atoms with Crippen LogP contribution in [0.1, 0.15) is 20.8 Å². The third-order valence-corrected chi connectivity index (χ3v) is 7.19. The van der Waals surface area contributed by atoms with Crippen LogP contribution in [0, 0.1) is 5.41 Å². The van der Waals surface area contributed by atoms with Crippen molar-refractivity contribution in [1.29, 1.82) is 0 Å². The number of benzene rings is 2. The predicted molar refractivity (Wildman–Crippen MR) is 140 cm³/mol. The molecule has 0 bridgehead atoms. The first-order valence-corrected chi connectivity index (χ1v) is 12.7. The number of carbonyl (C=O) groups excluding carboxylic acids is 1. The molecule has 0 saturated carbocycles. The van der Waals surface area contributed by atoms with Gasteiger partial charge in [-0.25, -0.2) is 4.98 Å². The highest BCUT2D eigenvalue weighted by Crippen LogP contribution is 2.37. The Bertz CT molecular complexity index is 1100. The van der Waals surface area contributed by atoms with E-state index in [2.05, 4.69) is 28.9 Å². The maximum atomic E-state index is 12.3. The molecule has 3 aromatic rings. The van der Waals surface area contributed by atoms with Crippen LogP contribution in [0.25, 0.3) is 22.5 Å². The van der Waals surface area contributed by atoms with Crippen molar-refractivity contribution in [3.8, 4) is 34.0 Å². The van der Waals surface area contributed by atoms with Gasteiger partial charge in [0.25, 0.3) is 0 Å². The summed E-state index contributed by atoms with van der Waals surface area (Å²) in [5, 5.41) is 3.89. The van der Waals surface area contributed by atoms with Crippen molar-refractivity contribution in [2.24, 2.45) is 5.41 Å². The first-order valence-electron chi connectivity index (χ1n) is 11.2. The van der Waals surface area contributed by atoms with Crippen LogP contribution < -0.4 is 14.8 Å². The minimum Gasteiger partial charge on any atom is -0.497 e. The molecule has 8 heteroatoms. The number of hydrogen-bond donors (Lipinski definition) is 1. The van der Waals surface area contributed by atoms with Crippen molar-refractivity contribution in [2.75, 3.05) is 32.4 Å². The number of alkyl halides is 1. The zero-order chi connectivity index (χ0) is 24.7. The maximum Gasteiger partial charge on any atom is 0.226 e. The molecule has 0 atom stereocenters. The molecule has 1 heterocycles. The molecule has 0 radical (unpaired) electrons. The van der Waals surface area contributed by atoms with Crippen LogP contribution in [0.3, 0.4) is 0 Å². The molecule has 6 nitrogen and oxygen atoms in total. The molecule has 0 aliphatic rings. The SMILES string of the molecule is CCn1c(SCCNC(=O)C(C)(C)CCl)nc(-c2ccc(OC)cc2)c1-c1ccc(OC)cc1. The van der Waals surface area contributed by atoms with Gasteiger partial charge in [-0.3, -0.25) is 4.79 Å². The highest BCUT2D eigenvalue weighted by Gasteiger charge is 2.26. The van der Waals surface area contributed by atoms with Crippen LogP contribution >= 0.6 is 23.4 Å². The number of methoxy groups -OCH3 is 2. The smallest absolute Gasteiger partial charge is 0.226 e. The zero-order valence-corrected chi connectivity index (χ0v) is 21.9. The van der Waals surface area contributed by atoms with Gasteiger partial charge in [0.15, 0.2) is 5.16 Å². The third kappa shape index (κ3) is 5.88. The summed E-state index contributed by atoms with van der Waals surface area (Å²) in [7, 11) is 3.32. The number of amides is 1. The first-order chi connectivity index (χ1) is 16.3. The summed E-state index contributed by atoms with van der Waals surface area (Å²) < 4.78 is 12.9. The number of hydrogen-bond acceptors (Lipinski definition) is 5. The summed E-state index contributed by atoms with van der Waals surface area (Å²) >= 11 is 7.54.